The number of hydrogen-bond acceptors (Lipinski definition) is 2. The maximum absolute atomic E-state index is 12.4. The number of carbonyl (C=O) groups is 2. The summed E-state index contributed by atoms with van der Waals surface area (Å²) in [6.07, 6.45) is 1.66. The zero-order valence-corrected chi connectivity index (χ0v) is 13.8. The lowest BCUT2D eigenvalue weighted by molar-refractivity contribution is 0.0950. The normalized spacial score (nSPS) is 10.6. The lowest BCUT2D eigenvalue weighted by Crippen LogP contribution is -2.23. The van der Waals surface area contributed by atoms with Crippen LogP contribution in [0.15, 0.2) is 48.7 Å². The second-order valence-electron chi connectivity index (χ2n) is 5.35. The average molecular weight is 342 g/mol. The number of fused-ring (bicyclic) bond motifs is 1. The Balaban J connectivity index is 1.74. The van der Waals surface area contributed by atoms with E-state index in [0.717, 1.165) is 16.5 Å². The molecule has 5 nitrogen and oxygen atoms in total. The van der Waals surface area contributed by atoms with Gasteiger partial charge in [0.05, 0.1) is 5.56 Å². The summed E-state index contributed by atoms with van der Waals surface area (Å²) < 4.78 is 0. The van der Waals surface area contributed by atoms with Gasteiger partial charge in [0.15, 0.2) is 0 Å². The highest BCUT2D eigenvalue weighted by atomic mass is 35.5. The third-order valence-corrected chi connectivity index (χ3v) is 3.99. The van der Waals surface area contributed by atoms with E-state index in [-0.39, 0.29) is 11.8 Å². The number of H-pyrrole nitrogens is 1. The van der Waals surface area contributed by atoms with Gasteiger partial charge in [-0.05, 0) is 29.8 Å². The summed E-state index contributed by atoms with van der Waals surface area (Å²) in [6.45, 7) is 0.337. The largest absolute Gasteiger partial charge is 0.360 e. The van der Waals surface area contributed by atoms with Crippen LogP contribution in [0.2, 0.25) is 5.02 Å². The molecule has 1 heterocycles. The average Bonchev–Trinajstić information content (AvgIpc) is 3.02. The van der Waals surface area contributed by atoms with Crippen molar-refractivity contribution < 1.29 is 9.59 Å². The Kier molecular flexibility index (Phi) is 4.53. The van der Waals surface area contributed by atoms with E-state index in [2.05, 4.69) is 15.6 Å². The molecule has 3 aromatic rings. The van der Waals surface area contributed by atoms with Gasteiger partial charge in [-0.25, -0.2) is 0 Å². The zero-order chi connectivity index (χ0) is 17.1. The van der Waals surface area contributed by atoms with Crippen LogP contribution in [0.5, 0.6) is 0 Å². The third kappa shape index (κ3) is 3.26. The van der Waals surface area contributed by atoms with Gasteiger partial charge in [0.2, 0.25) is 0 Å². The minimum atomic E-state index is -0.186. The molecule has 24 heavy (non-hydrogen) atoms. The summed E-state index contributed by atoms with van der Waals surface area (Å²) in [5, 5.41) is 6.88. The van der Waals surface area contributed by atoms with Crippen molar-refractivity contribution in [3.8, 4) is 0 Å². The van der Waals surface area contributed by atoms with E-state index in [1.165, 1.54) is 0 Å². The number of aromatic nitrogens is 1. The first-order chi connectivity index (χ1) is 11.6. The Labute approximate surface area is 144 Å². The van der Waals surface area contributed by atoms with Gasteiger partial charge in [-0.1, -0.05) is 29.8 Å². The Bertz CT molecular complexity index is 918. The molecule has 6 heteroatoms. The first kappa shape index (κ1) is 16.1. The Morgan fingerprint density at radius 2 is 1.96 bits per heavy atom. The Morgan fingerprint density at radius 3 is 2.75 bits per heavy atom. The highest BCUT2D eigenvalue weighted by Crippen LogP contribution is 2.22. The first-order valence-electron chi connectivity index (χ1n) is 7.44. The number of benzene rings is 2. The number of carbonyl (C=O) groups excluding carboxylic acids is 2. The van der Waals surface area contributed by atoms with Gasteiger partial charge in [-0.2, -0.15) is 0 Å². The third-order valence-electron chi connectivity index (χ3n) is 3.76. The van der Waals surface area contributed by atoms with E-state index >= 15 is 0 Å². The van der Waals surface area contributed by atoms with Gasteiger partial charge < -0.3 is 15.6 Å². The molecule has 2 amide bonds. The molecule has 1 aromatic heterocycles. The molecule has 0 aliphatic rings. The molecule has 0 radical (unpaired) electrons. The molecule has 0 atom stereocenters. The number of nitrogens with one attached hydrogen (secondary N) is 3. The number of amides is 2. The zero-order valence-electron chi connectivity index (χ0n) is 13.0. The lowest BCUT2D eigenvalue weighted by atomic mass is 10.1. The van der Waals surface area contributed by atoms with E-state index in [0.29, 0.717) is 22.7 Å². The Morgan fingerprint density at radius 1 is 1.12 bits per heavy atom. The smallest absolute Gasteiger partial charge is 0.253 e. The van der Waals surface area contributed by atoms with E-state index in [1.54, 1.807) is 43.6 Å². The van der Waals surface area contributed by atoms with Gasteiger partial charge >= 0.3 is 0 Å². The molecule has 3 N–H and O–H groups in total. The topological polar surface area (TPSA) is 74.0 Å². The molecule has 0 aliphatic heterocycles. The lowest BCUT2D eigenvalue weighted by Gasteiger charge is -2.07. The summed E-state index contributed by atoms with van der Waals surface area (Å²) in [6, 6.07) is 12.5. The van der Waals surface area contributed by atoms with Crippen molar-refractivity contribution in [3.63, 3.8) is 0 Å². The molecule has 0 fully saturated rings. The fourth-order valence-electron chi connectivity index (χ4n) is 2.53. The molecule has 0 spiro atoms. The van der Waals surface area contributed by atoms with Crippen molar-refractivity contribution in [1.29, 1.82) is 0 Å². The van der Waals surface area contributed by atoms with Crippen molar-refractivity contribution in [2.45, 2.75) is 6.54 Å². The molecule has 2 aromatic carbocycles. The van der Waals surface area contributed by atoms with Gasteiger partial charge in [0.1, 0.15) is 0 Å². The van der Waals surface area contributed by atoms with Crippen LogP contribution in [-0.2, 0) is 6.54 Å². The van der Waals surface area contributed by atoms with Crippen LogP contribution >= 0.6 is 11.6 Å². The van der Waals surface area contributed by atoms with Gasteiger partial charge in [0, 0.05) is 41.3 Å². The Hall–Kier alpha value is -2.79. The van der Waals surface area contributed by atoms with Gasteiger partial charge in [-0.15, -0.1) is 0 Å². The minimum absolute atomic E-state index is 0.156. The summed E-state index contributed by atoms with van der Waals surface area (Å²) in [5.41, 5.74) is 2.79. The molecule has 0 bridgehead atoms. The molecule has 122 valence electrons. The summed E-state index contributed by atoms with van der Waals surface area (Å²) in [4.78, 5) is 27.1. The molecular formula is C18H16ClN3O2. The maximum atomic E-state index is 12.4. The molecule has 0 saturated heterocycles. The van der Waals surface area contributed by atoms with Crippen LogP contribution in [0.25, 0.3) is 10.9 Å². The number of rotatable bonds is 4. The minimum Gasteiger partial charge on any atom is -0.360 e. The van der Waals surface area contributed by atoms with Crippen LogP contribution in [-0.4, -0.2) is 23.8 Å². The van der Waals surface area contributed by atoms with Crippen LogP contribution in [0, 0.1) is 0 Å². The predicted octanol–water partition coefficient (Wildman–Crippen LogP) is 3.11. The van der Waals surface area contributed by atoms with E-state index < -0.39 is 0 Å². The second-order valence-corrected chi connectivity index (χ2v) is 5.79. The predicted molar refractivity (Wildman–Crippen MR) is 94.3 cm³/mol. The van der Waals surface area contributed by atoms with Crippen molar-refractivity contribution in [2.24, 2.45) is 0 Å². The van der Waals surface area contributed by atoms with Crippen molar-refractivity contribution in [2.75, 3.05) is 7.05 Å². The first-order valence-corrected chi connectivity index (χ1v) is 7.82. The van der Waals surface area contributed by atoms with Crippen molar-refractivity contribution in [1.82, 2.24) is 15.6 Å². The van der Waals surface area contributed by atoms with E-state index in [4.69, 9.17) is 11.6 Å². The SMILES string of the molecule is CNC(=O)c1cccc(CNC(=O)c2c[nH]c3cc(Cl)ccc23)c1. The molecule has 0 saturated carbocycles. The van der Waals surface area contributed by atoms with Crippen LogP contribution in [0.3, 0.4) is 0 Å². The van der Waals surface area contributed by atoms with Crippen LogP contribution in [0.1, 0.15) is 26.3 Å². The molecular weight excluding hydrogens is 326 g/mol. The van der Waals surface area contributed by atoms with Gasteiger partial charge in [-0.3, -0.25) is 9.59 Å². The standard InChI is InChI=1S/C18H16ClN3O2/c1-20-17(23)12-4-2-3-11(7-12)9-22-18(24)15-10-21-16-8-13(19)5-6-14(15)16/h2-8,10,21H,9H2,1H3,(H,20,23)(H,22,24). The van der Waals surface area contributed by atoms with Crippen molar-refractivity contribution >= 4 is 34.3 Å². The number of aromatic amines is 1. The summed E-state index contributed by atoms with van der Waals surface area (Å²) in [5.74, 6) is -0.342. The second kappa shape index (κ2) is 6.76. The fraction of sp³-hybridized carbons (Fsp3) is 0.111. The van der Waals surface area contributed by atoms with Crippen LogP contribution < -0.4 is 10.6 Å². The molecule has 3 rings (SSSR count). The quantitative estimate of drug-likeness (QED) is 0.682. The van der Waals surface area contributed by atoms with E-state index in [9.17, 15) is 9.59 Å². The molecule has 0 unspecified atom stereocenters. The summed E-state index contributed by atoms with van der Waals surface area (Å²) >= 11 is 5.95. The number of hydrogen-bond donors (Lipinski definition) is 3. The maximum Gasteiger partial charge on any atom is 0.253 e. The van der Waals surface area contributed by atoms with Crippen LogP contribution in [0.4, 0.5) is 0 Å². The van der Waals surface area contributed by atoms with Gasteiger partial charge in [0.25, 0.3) is 11.8 Å². The highest BCUT2D eigenvalue weighted by molar-refractivity contribution is 6.31. The highest BCUT2D eigenvalue weighted by Gasteiger charge is 2.12. The van der Waals surface area contributed by atoms with E-state index in [1.807, 2.05) is 12.1 Å². The number of halogens is 1. The fourth-order valence-corrected chi connectivity index (χ4v) is 2.70. The summed E-state index contributed by atoms with van der Waals surface area (Å²) in [7, 11) is 1.58. The van der Waals surface area contributed by atoms with Crippen molar-refractivity contribution in [3.05, 3.63) is 70.4 Å². The monoisotopic (exact) mass is 341 g/mol. The molecule has 0 aliphatic carbocycles.